The van der Waals surface area contributed by atoms with E-state index in [4.69, 9.17) is 0 Å². The Labute approximate surface area is 98.0 Å². The largest absolute Gasteiger partial charge is 0.358 e. The van der Waals surface area contributed by atoms with E-state index in [-0.39, 0.29) is 40.1 Å². The van der Waals surface area contributed by atoms with Crippen LogP contribution in [0.4, 0.5) is 0 Å². The zero-order valence-electron chi connectivity index (χ0n) is 8.59. The molecule has 1 radical (unpaired) electrons. The van der Waals surface area contributed by atoms with E-state index in [2.05, 4.69) is 24.3 Å². The van der Waals surface area contributed by atoms with Gasteiger partial charge in [-0.2, -0.15) is 0 Å². The Morgan fingerprint density at radius 1 is 0.818 bits per heavy atom. The Morgan fingerprint density at radius 2 is 1.09 bits per heavy atom. The Bertz CT molecular complexity index is 62.9. The first kappa shape index (κ1) is 22.6. The fourth-order valence-corrected chi connectivity index (χ4v) is 0.393. The van der Waals surface area contributed by atoms with Gasteiger partial charge in [0, 0.05) is 32.7 Å². The van der Waals surface area contributed by atoms with Crippen LogP contribution in [-0.2, 0) is 32.7 Å². The van der Waals surface area contributed by atoms with Crippen molar-refractivity contribution in [3.05, 3.63) is 31.7 Å². The zero-order valence-corrected chi connectivity index (χ0v) is 11.4. The molecule has 0 N–H and O–H groups in total. The second-order valence-electron chi connectivity index (χ2n) is 1.09. The second kappa shape index (κ2) is 31.2. The van der Waals surface area contributed by atoms with Crippen LogP contribution >= 0.6 is 0 Å². The molecule has 0 spiro atoms. The Balaban J connectivity index is -0.0000000369. The van der Waals surface area contributed by atoms with Crippen molar-refractivity contribution in [3.63, 3.8) is 0 Å². The van der Waals surface area contributed by atoms with E-state index in [1.54, 1.807) is 0 Å². The summed E-state index contributed by atoms with van der Waals surface area (Å²) >= 11 is 0. The summed E-state index contributed by atoms with van der Waals surface area (Å²) in [6.45, 7) is 8.00. The van der Waals surface area contributed by atoms with Gasteiger partial charge in [-0.3, -0.25) is 0 Å². The molecule has 0 atom stereocenters. The SMILES string of the molecule is C1=CCC=C1.CC.CC.[CH3-].[Y]. The van der Waals surface area contributed by atoms with Gasteiger partial charge in [0.05, 0.1) is 0 Å². The maximum Gasteiger partial charge on any atom is 0 e. The molecule has 1 aliphatic rings. The zero-order chi connectivity index (χ0) is 7.54. The molecule has 0 aromatic carbocycles. The number of rotatable bonds is 0. The van der Waals surface area contributed by atoms with E-state index >= 15 is 0 Å². The Morgan fingerprint density at radius 3 is 1.18 bits per heavy atom. The van der Waals surface area contributed by atoms with Crippen LogP contribution in [0.25, 0.3) is 0 Å². The average Bonchev–Trinajstić information content (AvgIpc) is 2.51. The molecule has 0 amide bonds. The second-order valence-corrected chi connectivity index (χ2v) is 1.09. The smallest absolute Gasteiger partial charge is 0 e. The van der Waals surface area contributed by atoms with Gasteiger partial charge in [-0.15, -0.1) is 0 Å². The molecule has 65 valence electrons. The summed E-state index contributed by atoms with van der Waals surface area (Å²) in [4.78, 5) is 0. The summed E-state index contributed by atoms with van der Waals surface area (Å²) in [6, 6.07) is 0. The van der Waals surface area contributed by atoms with Gasteiger partial charge in [0.2, 0.25) is 0 Å². The topological polar surface area (TPSA) is 0 Å². The van der Waals surface area contributed by atoms with E-state index in [1.807, 2.05) is 27.7 Å². The van der Waals surface area contributed by atoms with Crippen LogP contribution in [0.15, 0.2) is 24.3 Å². The molecule has 0 heterocycles. The monoisotopic (exact) mass is 230 g/mol. The van der Waals surface area contributed by atoms with Gasteiger partial charge in [-0.1, -0.05) is 52.0 Å². The van der Waals surface area contributed by atoms with Crippen LogP contribution in [-0.4, -0.2) is 0 Å². The first-order valence-corrected chi connectivity index (χ1v) is 3.82. The minimum absolute atomic E-state index is 0. The van der Waals surface area contributed by atoms with Crippen LogP contribution in [0.2, 0.25) is 0 Å². The van der Waals surface area contributed by atoms with Gasteiger partial charge in [0.15, 0.2) is 0 Å². The van der Waals surface area contributed by atoms with Gasteiger partial charge in [0.1, 0.15) is 0 Å². The Kier molecular flexibility index (Phi) is 63.9. The minimum Gasteiger partial charge on any atom is -0.358 e. The van der Waals surface area contributed by atoms with Crippen LogP contribution in [0, 0.1) is 7.43 Å². The van der Waals surface area contributed by atoms with Crippen molar-refractivity contribution >= 4 is 0 Å². The van der Waals surface area contributed by atoms with Crippen LogP contribution in [0.3, 0.4) is 0 Å². The number of allylic oxidation sites excluding steroid dienone is 4. The summed E-state index contributed by atoms with van der Waals surface area (Å²) in [7, 11) is 0. The van der Waals surface area contributed by atoms with Gasteiger partial charge >= 0.3 is 0 Å². The molecule has 0 unspecified atom stereocenters. The van der Waals surface area contributed by atoms with Crippen molar-refractivity contribution < 1.29 is 32.7 Å². The third-order valence-electron chi connectivity index (χ3n) is 0.655. The fourth-order valence-electron chi connectivity index (χ4n) is 0.393. The van der Waals surface area contributed by atoms with Crippen molar-refractivity contribution in [1.29, 1.82) is 0 Å². The summed E-state index contributed by atoms with van der Waals surface area (Å²) < 4.78 is 0. The van der Waals surface area contributed by atoms with E-state index in [0.717, 1.165) is 6.42 Å². The minimum atomic E-state index is 0. The van der Waals surface area contributed by atoms with Crippen LogP contribution in [0.1, 0.15) is 34.1 Å². The van der Waals surface area contributed by atoms with Gasteiger partial charge < -0.3 is 7.43 Å². The molecule has 1 rings (SSSR count). The molecule has 0 nitrogen and oxygen atoms in total. The first-order valence-electron chi connectivity index (χ1n) is 3.82. The predicted molar refractivity (Wildman–Crippen MR) is 52.0 cm³/mol. The van der Waals surface area contributed by atoms with Crippen molar-refractivity contribution in [2.24, 2.45) is 0 Å². The van der Waals surface area contributed by atoms with E-state index < -0.39 is 0 Å². The van der Waals surface area contributed by atoms with Crippen molar-refractivity contribution in [2.75, 3.05) is 0 Å². The molecule has 1 heteroatoms. The molecule has 1 aliphatic carbocycles. The molecular weight excluding hydrogens is 209 g/mol. The summed E-state index contributed by atoms with van der Waals surface area (Å²) in [5.41, 5.74) is 0. The normalized spacial score (nSPS) is 9.09. The summed E-state index contributed by atoms with van der Waals surface area (Å²) in [5.74, 6) is 0. The summed E-state index contributed by atoms with van der Waals surface area (Å²) in [6.07, 6.45) is 9.50. The van der Waals surface area contributed by atoms with E-state index in [1.165, 1.54) is 0 Å². The molecule has 0 saturated heterocycles. The van der Waals surface area contributed by atoms with Crippen LogP contribution < -0.4 is 0 Å². The van der Waals surface area contributed by atoms with Gasteiger partial charge in [0.25, 0.3) is 0 Å². The van der Waals surface area contributed by atoms with Crippen molar-refractivity contribution in [2.45, 2.75) is 34.1 Å². The molecule has 11 heavy (non-hydrogen) atoms. The molecule has 0 aliphatic heterocycles. The molecule has 0 aromatic rings. The maximum absolute atomic E-state index is 2.12. The Hall–Kier alpha value is 0.584. The predicted octanol–water partition coefficient (Wildman–Crippen LogP) is 4.00. The third-order valence-corrected chi connectivity index (χ3v) is 0.655. The standard InChI is InChI=1S/C5H6.2C2H6.CH3.Y/c1-2-4-5-3-1;2*1-2;;/h1-4H,5H2;2*1-2H3;1H3;/q;;;-1;. The summed E-state index contributed by atoms with van der Waals surface area (Å²) in [5, 5.41) is 0. The van der Waals surface area contributed by atoms with Gasteiger partial charge in [-0.05, 0) is 6.42 Å². The fraction of sp³-hybridized carbons (Fsp3) is 0.500. The number of hydrogen-bond donors (Lipinski definition) is 0. The van der Waals surface area contributed by atoms with Crippen molar-refractivity contribution in [1.82, 2.24) is 0 Å². The molecular formula is C10H21Y-. The maximum atomic E-state index is 2.12. The van der Waals surface area contributed by atoms with Crippen LogP contribution in [0.5, 0.6) is 0 Å². The molecule has 0 saturated carbocycles. The molecule has 0 aromatic heterocycles. The molecule has 0 fully saturated rings. The number of hydrogen-bond acceptors (Lipinski definition) is 0. The van der Waals surface area contributed by atoms with E-state index in [9.17, 15) is 0 Å². The third kappa shape index (κ3) is 25.0. The van der Waals surface area contributed by atoms with E-state index in [0.29, 0.717) is 0 Å². The average molecular weight is 230 g/mol. The van der Waals surface area contributed by atoms with Gasteiger partial charge in [-0.25, -0.2) is 0 Å². The molecule has 0 bridgehead atoms. The quantitative estimate of drug-likeness (QED) is 0.552. The van der Waals surface area contributed by atoms with Crippen molar-refractivity contribution in [3.8, 4) is 0 Å². The first-order chi connectivity index (χ1) is 4.50.